The van der Waals surface area contributed by atoms with E-state index in [1.807, 2.05) is 7.05 Å². The topological polar surface area (TPSA) is 72.0 Å². The first-order chi connectivity index (χ1) is 14.1. The lowest BCUT2D eigenvalue weighted by Gasteiger charge is -2.30. The molecule has 3 rings (SSSR count). The maximum absolute atomic E-state index is 11.5. The second-order valence-corrected chi connectivity index (χ2v) is 8.17. The minimum atomic E-state index is 0. The summed E-state index contributed by atoms with van der Waals surface area (Å²) in [6.07, 6.45) is 3.80. The van der Waals surface area contributed by atoms with Crippen molar-refractivity contribution in [2.75, 3.05) is 57.8 Å². The van der Waals surface area contributed by atoms with E-state index in [0.29, 0.717) is 13.1 Å². The monoisotopic (exact) mass is 528 g/mol. The van der Waals surface area contributed by atoms with Crippen molar-refractivity contribution in [1.29, 1.82) is 0 Å². The van der Waals surface area contributed by atoms with Gasteiger partial charge in [-0.15, -0.1) is 24.0 Å². The van der Waals surface area contributed by atoms with Crippen molar-refractivity contribution in [2.45, 2.75) is 32.7 Å². The molecular formula is C22H37IN6O. The van der Waals surface area contributed by atoms with Crippen LogP contribution in [0.3, 0.4) is 0 Å². The molecule has 7 nitrogen and oxygen atoms in total. The lowest BCUT2D eigenvalue weighted by atomic mass is 9.99. The van der Waals surface area contributed by atoms with Gasteiger partial charge in [0.2, 0.25) is 5.91 Å². The van der Waals surface area contributed by atoms with E-state index < -0.39 is 0 Å². The van der Waals surface area contributed by atoms with Crippen LogP contribution in [0.15, 0.2) is 29.3 Å². The van der Waals surface area contributed by atoms with Gasteiger partial charge in [0, 0.05) is 38.9 Å². The number of nitrogens with zero attached hydrogens (tertiary/aromatic N) is 3. The summed E-state index contributed by atoms with van der Waals surface area (Å²) in [5.41, 5.74) is 2.29. The van der Waals surface area contributed by atoms with Crippen LogP contribution in [0.4, 0.5) is 5.69 Å². The molecule has 2 heterocycles. The fourth-order valence-corrected chi connectivity index (χ4v) is 3.89. The number of piperidine rings is 1. The summed E-state index contributed by atoms with van der Waals surface area (Å²) in [6.45, 7) is 9.66. The first-order valence-electron chi connectivity index (χ1n) is 10.9. The molecule has 30 heavy (non-hydrogen) atoms. The predicted molar refractivity (Wildman–Crippen MR) is 135 cm³/mol. The first-order valence-corrected chi connectivity index (χ1v) is 10.9. The summed E-state index contributed by atoms with van der Waals surface area (Å²) < 4.78 is 0. The predicted octanol–water partition coefficient (Wildman–Crippen LogP) is 2.03. The Bertz CT molecular complexity index is 673. The number of benzene rings is 1. The number of rotatable bonds is 7. The highest BCUT2D eigenvalue weighted by atomic mass is 127. The van der Waals surface area contributed by atoms with Crippen molar-refractivity contribution in [3.05, 3.63) is 29.8 Å². The van der Waals surface area contributed by atoms with Gasteiger partial charge in [-0.1, -0.05) is 19.1 Å². The lowest BCUT2D eigenvalue weighted by Crippen LogP contribution is -2.47. The largest absolute Gasteiger partial charge is 0.360 e. The summed E-state index contributed by atoms with van der Waals surface area (Å²) in [7, 11) is 1.81. The normalized spacial score (nSPS) is 18.5. The molecule has 1 amide bonds. The molecule has 0 atom stereocenters. The quantitative estimate of drug-likeness (QED) is 0.219. The third-order valence-corrected chi connectivity index (χ3v) is 5.84. The molecule has 0 saturated carbocycles. The van der Waals surface area contributed by atoms with Gasteiger partial charge in [-0.3, -0.25) is 9.79 Å². The summed E-state index contributed by atoms with van der Waals surface area (Å²) in [6, 6.07) is 8.40. The van der Waals surface area contributed by atoms with Gasteiger partial charge < -0.3 is 25.8 Å². The number of halogens is 1. The highest BCUT2D eigenvalue weighted by Crippen LogP contribution is 2.16. The molecule has 168 valence electrons. The molecule has 8 heteroatoms. The van der Waals surface area contributed by atoms with E-state index in [2.05, 4.69) is 61.9 Å². The Kier molecular flexibility index (Phi) is 10.7. The Morgan fingerprint density at radius 2 is 1.90 bits per heavy atom. The van der Waals surface area contributed by atoms with Crippen molar-refractivity contribution < 1.29 is 4.79 Å². The zero-order chi connectivity index (χ0) is 20.5. The average molecular weight is 528 g/mol. The molecule has 1 aromatic rings. The smallest absolute Gasteiger partial charge is 0.239 e. The van der Waals surface area contributed by atoms with Crippen molar-refractivity contribution in [3.63, 3.8) is 0 Å². The van der Waals surface area contributed by atoms with Gasteiger partial charge in [0.25, 0.3) is 0 Å². The Balaban J connectivity index is 0.00000320. The molecule has 0 aliphatic carbocycles. The fourth-order valence-electron chi connectivity index (χ4n) is 3.89. The van der Waals surface area contributed by atoms with Crippen LogP contribution in [-0.2, 0) is 11.3 Å². The number of likely N-dealkylation sites (tertiary alicyclic amines) is 1. The fraction of sp³-hybridized carbons (Fsp3) is 0.636. The number of carbonyl (C=O) groups excluding carboxylic acids is 1. The molecule has 0 unspecified atom stereocenters. The minimum absolute atomic E-state index is 0. The van der Waals surface area contributed by atoms with Gasteiger partial charge in [-0.05, 0) is 62.5 Å². The number of carbonyl (C=O) groups is 1. The van der Waals surface area contributed by atoms with Gasteiger partial charge >= 0.3 is 0 Å². The number of anilines is 1. The Labute approximate surface area is 198 Å². The summed E-state index contributed by atoms with van der Waals surface area (Å²) in [5.74, 6) is 1.82. The van der Waals surface area contributed by atoms with E-state index in [4.69, 9.17) is 0 Å². The van der Waals surface area contributed by atoms with E-state index in [-0.39, 0.29) is 29.9 Å². The number of nitrogens with one attached hydrogen (secondary N) is 3. The zero-order valence-corrected chi connectivity index (χ0v) is 20.7. The van der Waals surface area contributed by atoms with E-state index in [0.717, 1.165) is 50.2 Å². The number of hydrogen-bond acceptors (Lipinski definition) is 4. The van der Waals surface area contributed by atoms with E-state index in [9.17, 15) is 4.79 Å². The number of aliphatic imine (C=N–C) groups is 1. The summed E-state index contributed by atoms with van der Waals surface area (Å²) in [4.78, 5) is 20.6. The number of piperazine rings is 1. The molecule has 3 N–H and O–H groups in total. The Morgan fingerprint density at radius 1 is 1.17 bits per heavy atom. The van der Waals surface area contributed by atoms with Crippen LogP contribution in [0.2, 0.25) is 0 Å². The third-order valence-electron chi connectivity index (χ3n) is 5.84. The molecule has 0 aromatic heterocycles. The molecule has 0 spiro atoms. The van der Waals surface area contributed by atoms with Crippen molar-refractivity contribution >= 4 is 41.5 Å². The number of hydrogen-bond donors (Lipinski definition) is 3. The number of guanidine groups is 1. The zero-order valence-electron chi connectivity index (χ0n) is 18.3. The molecule has 0 radical (unpaired) electrons. The standard InChI is InChI=1S/C22H36N6O.HI/c1-18-8-13-27(14-9-18)12-3-10-25-22(23-2)26-16-19-4-6-20(7-5-19)28-15-11-24-21(29)17-28;/h4-7,18H,3,8-17H2,1-2H3,(H,24,29)(H2,23,25,26);1H. The maximum Gasteiger partial charge on any atom is 0.239 e. The van der Waals surface area contributed by atoms with Gasteiger partial charge in [-0.25, -0.2) is 0 Å². The molecule has 2 fully saturated rings. The van der Waals surface area contributed by atoms with Crippen LogP contribution in [0, 0.1) is 5.92 Å². The highest BCUT2D eigenvalue weighted by molar-refractivity contribution is 14.0. The average Bonchev–Trinajstić information content (AvgIpc) is 2.75. The van der Waals surface area contributed by atoms with Crippen LogP contribution in [0.1, 0.15) is 31.7 Å². The molecule has 2 saturated heterocycles. The van der Waals surface area contributed by atoms with Gasteiger partial charge in [0.1, 0.15) is 0 Å². The number of amides is 1. The van der Waals surface area contributed by atoms with Crippen LogP contribution in [-0.4, -0.2) is 69.6 Å². The van der Waals surface area contributed by atoms with Crippen molar-refractivity contribution in [3.8, 4) is 0 Å². The summed E-state index contributed by atoms with van der Waals surface area (Å²) in [5, 5.41) is 9.66. The lowest BCUT2D eigenvalue weighted by molar-refractivity contribution is -0.120. The van der Waals surface area contributed by atoms with Gasteiger partial charge in [0.05, 0.1) is 6.54 Å². The van der Waals surface area contributed by atoms with Crippen LogP contribution >= 0.6 is 24.0 Å². The molecule has 0 bridgehead atoms. The van der Waals surface area contributed by atoms with Crippen LogP contribution in [0.5, 0.6) is 0 Å². The molecule has 2 aliphatic rings. The van der Waals surface area contributed by atoms with E-state index in [1.54, 1.807) is 0 Å². The van der Waals surface area contributed by atoms with Gasteiger partial charge in [-0.2, -0.15) is 0 Å². The Hall–Kier alpha value is -1.55. The maximum atomic E-state index is 11.5. The van der Waals surface area contributed by atoms with Crippen molar-refractivity contribution in [1.82, 2.24) is 20.9 Å². The van der Waals surface area contributed by atoms with Crippen molar-refractivity contribution in [2.24, 2.45) is 10.9 Å². The van der Waals surface area contributed by atoms with Crippen LogP contribution < -0.4 is 20.9 Å². The van der Waals surface area contributed by atoms with E-state index >= 15 is 0 Å². The summed E-state index contributed by atoms with van der Waals surface area (Å²) >= 11 is 0. The van der Waals surface area contributed by atoms with E-state index in [1.165, 1.54) is 31.5 Å². The second kappa shape index (κ2) is 13.0. The molecule has 1 aromatic carbocycles. The first kappa shape index (κ1) is 24.7. The van der Waals surface area contributed by atoms with Crippen LogP contribution in [0.25, 0.3) is 0 Å². The SMILES string of the molecule is CN=C(NCCCN1CCC(C)CC1)NCc1ccc(N2CCNC(=O)C2)cc1.I. The molecular weight excluding hydrogens is 491 g/mol. The molecule has 2 aliphatic heterocycles. The van der Waals surface area contributed by atoms with Gasteiger partial charge in [0.15, 0.2) is 5.96 Å². The third kappa shape index (κ3) is 7.94. The Morgan fingerprint density at radius 3 is 2.57 bits per heavy atom. The minimum Gasteiger partial charge on any atom is -0.360 e. The highest BCUT2D eigenvalue weighted by Gasteiger charge is 2.16. The second-order valence-electron chi connectivity index (χ2n) is 8.17.